The van der Waals surface area contributed by atoms with E-state index in [0.29, 0.717) is 5.92 Å². The minimum absolute atomic E-state index is 0.0510. The Morgan fingerprint density at radius 3 is 3.06 bits per heavy atom. The molecule has 16 heavy (non-hydrogen) atoms. The van der Waals surface area contributed by atoms with Crippen molar-refractivity contribution in [3.8, 4) is 0 Å². The molecule has 1 aliphatic heterocycles. The molecule has 2 heterocycles. The van der Waals surface area contributed by atoms with E-state index >= 15 is 0 Å². The highest BCUT2D eigenvalue weighted by molar-refractivity contribution is 5.18. The maximum Gasteiger partial charge on any atom is 0.0682 e. The van der Waals surface area contributed by atoms with Crippen LogP contribution in [-0.2, 0) is 11.3 Å². The lowest BCUT2D eigenvalue weighted by Gasteiger charge is -2.08. The second-order valence-corrected chi connectivity index (χ2v) is 4.57. The number of hydrogen-bond acceptors (Lipinski definition) is 3. The van der Waals surface area contributed by atoms with E-state index in [4.69, 9.17) is 10.5 Å². The first-order valence-electron chi connectivity index (χ1n) is 6.13. The molecule has 4 heteroatoms. The van der Waals surface area contributed by atoms with E-state index in [1.807, 2.05) is 6.92 Å². The maximum absolute atomic E-state index is 5.96. The van der Waals surface area contributed by atoms with Crippen LogP contribution in [0.25, 0.3) is 0 Å². The van der Waals surface area contributed by atoms with Crippen LogP contribution in [0.4, 0.5) is 0 Å². The Morgan fingerprint density at radius 2 is 2.50 bits per heavy atom. The first kappa shape index (κ1) is 11.6. The van der Waals surface area contributed by atoms with E-state index in [-0.39, 0.29) is 6.04 Å². The molecule has 90 valence electrons. The molecular formula is C12H21N3O. The largest absolute Gasteiger partial charge is 0.381 e. The van der Waals surface area contributed by atoms with Crippen LogP contribution in [0.1, 0.15) is 50.0 Å². The van der Waals surface area contributed by atoms with Gasteiger partial charge in [-0.3, -0.25) is 4.68 Å². The van der Waals surface area contributed by atoms with Crippen LogP contribution < -0.4 is 5.73 Å². The summed E-state index contributed by atoms with van der Waals surface area (Å²) in [6, 6.07) is 2.20. The lowest BCUT2D eigenvalue weighted by molar-refractivity contribution is 0.193. The van der Waals surface area contributed by atoms with Crippen LogP contribution in [0.2, 0.25) is 0 Å². The second kappa shape index (κ2) is 4.97. The molecule has 2 atom stereocenters. The van der Waals surface area contributed by atoms with E-state index in [0.717, 1.165) is 44.0 Å². The highest BCUT2D eigenvalue weighted by Gasteiger charge is 2.22. The van der Waals surface area contributed by atoms with Gasteiger partial charge in [-0.15, -0.1) is 0 Å². The molecule has 0 aromatic carbocycles. The van der Waals surface area contributed by atoms with Crippen molar-refractivity contribution >= 4 is 0 Å². The highest BCUT2D eigenvalue weighted by Crippen LogP contribution is 2.26. The average molecular weight is 223 g/mol. The molecule has 4 nitrogen and oxygen atoms in total. The lowest BCUT2D eigenvalue weighted by Crippen LogP contribution is -2.13. The van der Waals surface area contributed by atoms with E-state index in [2.05, 4.69) is 22.8 Å². The zero-order valence-electron chi connectivity index (χ0n) is 10.1. The van der Waals surface area contributed by atoms with Crippen LogP contribution in [0.5, 0.6) is 0 Å². The SMILES string of the molecule is CCCn1nc(C2CCOC2)cc1C(C)N. The predicted molar refractivity (Wildman–Crippen MR) is 63.3 cm³/mol. The Morgan fingerprint density at radius 1 is 1.69 bits per heavy atom. The summed E-state index contributed by atoms with van der Waals surface area (Å²) in [5.74, 6) is 0.468. The summed E-state index contributed by atoms with van der Waals surface area (Å²) < 4.78 is 7.45. The van der Waals surface area contributed by atoms with Crippen molar-refractivity contribution in [1.29, 1.82) is 0 Å². The third kappa shape index (κ3) is 2.28. The van der Waals surface area contributed by atoms with Crippen LogP contribution in [0, 0.1) is 0 Å². The molecule has 1 aromatic heterocycles. The minimum Gasteiger partial charge on any atom is -0.381 e. The Kier molecular flexibility index (Phi) is 3.61. The number of hydrogen-bond donors (Lipinski definition) is 1. The fourth-order valence-electron chi connectivity index (χ4n) is 2.18. The van der Waals surface area contributed by atoms with Crippen LogP contribution in [-0.4, -0.2) is 23.0 Å². The number of aromatic nitrogens is 2. The first-order valence-corrected chi connectivity index (χ1v) is 6.13. The third-order valence-corrected chi connectivity index (χ3v) is 3.08. The summed E-state index contributed by atoms with van der Waals surface area (Å²) in [6.45, 7) is 6.79. The zero-order chi connectivity index (χ0) is 11.5. The Bertz CT molecular complexity index is 340. The Hall–Kier alpha value is -0.870. The number of nitrogens with two attached hydrogens (primary N) is 1. The van der Waals surface area contributed by atoms with Crippen molar-refractivity contribution in [3.63, 3.8) is 0 Å². The van der Waals surface area contributed by atoms with Gasteiger partial charge in [0.25, 0.3) is 0 Å². The second-order valence-electron chi connectivity index (χ2n) is 4.57. The van der Waals surface area contributed by atoms with Crippen LogP contribution in [0.3, 0.4) is 0 Å². The molecule has 0 aliphatic carbocycles. The van der Waals surface area contributed by atoms with Gasteiger partial charge in [0.1, 0.15) is 0 Å². The molecule has 0 radical (unpaired) electrons. The van der Waals surface area contributed by atoms with Crippen molar-refractivity contribution in [2.75, 3.05) is 13.2 Å². The van der Waals surface area contributed by atoms with Crippen LogP contribution in [0.15, 0.2) is 6.07 Å². The van der Waals surface area contributed by atoms with Gasteiger partial charge in [-0.25, -0.2) is 0 Å². The molecule has 2 N–H and O–H groups in total. The summed E-state index contributed by atoms with van der Waals surface area (Å²) in [7, 11) is 0. The minimum atomic E-state index is 0.0510. The van der Waals surface area contributed by atoms with E-state index in [1.54, 1.807) is 0 Å². The maximum atomic E-state index is 5.96. The Balaban J connectivity index is 2.22. The molecule has 0 saturated carbocycles. The molecule has 1 aliphatic rings. The van der Waals surface area contributed by atoms with Crippen molar-refractivity contribution in [1.82, 2.24) is 9.78 Å². The number of nitrogens with zero attached hydrogens (tertiary/aromatic N) is 2. The fraction of sp³-hybridized carbons (Fsp3) is 0.750. The summed E-state index contributed by atoms with van der Waals surface area (Å²) in [4.78, 5) is 0. The summed E-state index contributed by atoms with van der Waals surface area (Å²) >= 11 is 0. The quantitative estimate of drug-likeness (QED) is 0.847. The molecule has 0 spiro atoms. The molecule has 2 unspecified atom stereocenters. The summed E-state index contributed by atoms with van der Waals surface area (Å²) in [6.07, 6.45) is 2.17. The fourth-order valence-corrected chi connectivity index (χ4v) is 2.18. The van der Waals surface area contributed by atoms with Crippen molar-refractivity contribution < 1.29 is 4.74 Å². The average Bonchev–Trinajstić information content (AvgIpc) is 2.83. The lowest BCUT2D eigenvalue weighted by atomic mass is 10.0. The van der Waals surface area contributed by atoms with Gasteiger partial charge in [-0.1, -0.05) is 6.92 Å². The van der Waals surface area contributed by atoms with Gasteiger partial charge in [0.2, 0.25) is 0 Å². The van der Waals surface area contributed by atoms with E-state index in [1.165, 1.54) is 0 Å². The highest BCUT2D eigenvalue weighted by atomic mass is 16.5. The van der Waals surface area contributed by atoms with Crippen molar-refractivity contribution in [2.45, 2.75) is 45.2 Å². The molecule has 1 saturated heterocycles. The molecular weight excluding hydrogens is 202 g/mol. The summed E-state index contributed by atoms with van der Waals surface area (Å²) in [5, 5.41) is 4.66. The molecule has 1 fully saturated rings. The summed E-state index contributed by atoms with van der Waals surface area (Å²) in [5.41, 5.74) is 8.26. The van der Waals surface area contributed by atoms with Gasteiger partial charge in [-0.05, 0) is 25.8 Å². The predicted octanol–water partition coefficient (Wildman–Crippen LogP) is 1.82. The molecule has 2 rings (SSSR count). The van der Waals surface area contributed by atoms with Gasteiger partial charge >= 0.3 is 0 Å². The number of ether oxygens (including phenoxy) is 1. The zero-order valence-corrected chi connectivity index (χ0v) is 10.1. The van der Waals surface area contributed by atoms with Gasteiger partial charge in [0.15, 0.2) is 0 Å². The number of aryl methyl sites for hydroxylation is 1. The molecule has 0 bridgehead atoms. The van der Waals surface area contributed by atoms with Gasteiger partial charge in [0.05, 0.1) is 18.0 Å². The van der Waals surface area contributed by atoms with Gasteiger partial charge in [-0.2, -0.15) is 5.10 Å². The topological polar surface area (TPSA) is 53.1 Å². The van der Waals surface area contributed by atoms with Gasteiger partial charge in [0, 0.05) is 25.1 Å². The normalized spacial score (nSPS) is 22.6. The van der Waals surface area contributed by atoms with Crippen molar-refractivity contribution in [2.24, 2.45) is 5.73 Å². The standard InChI is InChI=1S/C12H21N3O/c1-3-5-15-12(9(2)13)7-11(14-15)10-4-6-16-8-10/h7,9-10H,3-6,8,13H2,1-2H3. The van der Waals surface area contributed by atoms with E-state index in [9.17, 15) is 0 Å². The Labute approximate surface area is 96.8 Å². The monoisotopic (exact) mass is 223 g/mol. The number of rotatable bonds is 4. The molecule has 1 aromatic rings. The third-order valence-electron chi connectivity index (χ3n) is 3.08. The van der Waals surface area contributed by atoms with Crippen LogP contribution >= 0.6 is 0 Å². The van der Waals surface area contributed by atoms with Gasteiger partial charge < -0.3 is 10.5 Å². The smallest absolute Gasteiger partial charge is 0.0682 e. The van der Waals surface area contributed by atoms with E-state index < -0.39 is 0 Å². The first-order chi connectivity index (χ1) is 7.72. The van der Waals surface area contributed by atoms with Crippen molar-refractivity contribution in [3.05, 3.63) is 17.5 Å². The molecule has 0 amide bonds.